The number of carbonyl (C=O) groups is 2. The normalized spacial score (nSPS) is 11.2. The van der Waals surface area contributed by atoms with Gasteiger partial charge in [0.1, 0.15) is 5.58 Å². The highest BCUT2D eigenvalue weighted by atomic mass is 35.5. The Morgan fingerprint density at radius 3 is 2.58 bits per heavy atom. The Labute approximate surface area is 198 Å². The van der Waals surface area contributed by atoms with Gasteiger partial charge in [-0.2, -0.15) is 5.10 Å². The van der Waals surface area contributed by atoms with E-state index in [0.717, 1.165) is 16.2 Å². The maximum absolute atomic E-state index is 12.5. The molecular formula is C24H18Cl2N2O5. The number of benzene rings is 3. The van der Waals surface area contributed by atoms with E-state index in [1.54, 1.807) is 13.0 Å². The smallest absolute Gasteiger partial charge is 0.344 e. The average molecular weight is 485 g/mol. The number of hydrogen-bond acceptors (Lipinski definition) is 6. The van der Waals surface area contributed by atoms with Crippen LogP contribution in [-0.2, 0) is 9.53 Å². The van der Waals surface area contributed by atoms with Crippen molar-refractivity contribution >= 4 is 63.0 Å². The molecular weight excluding hydrogens is 467 g/mol. The Morgan fingerprint density at radius 1 is 1.06 bits per heavy atom. The lowest BCUT2D eigenvalue weighted by molar-refractivity contribution is -0.145. The van der Waals surface area contributed by atoms with E-state index < -0.39 is 11.9 Å². The van der Waals surface area contributed by atoms with E-state index in [9.17, 15) is 9.59 Å². The summed E-state index contributed by atoms with van der Waals surface area (Å²) >= 11 is 12.4. The zero-order chi connectivity index (χ0) is 23.4. The minimum atomic E-state index is -0.531. The predicted octanol–water partition coefficient (Wildman–Crippen LogP) is 5.60. The summed E-state index contributed by atoms with van der Waals surface area (Å²) in [5, 5.41) is 7.21. The molecule has 0 atom stereocenters. The third-order valence-electron chi connectivity index (χ3n) is 4.69. The van der Waals surface area contributed by atoms with Gasteiger partial charge in [-0.25, -0.2) is 10.2 Å². The molecule has 0 aliphatic heterocycles. The number of halogens is 2. The third kappa shape index (κ3) is 5.10. The summed E-state index contributed by atoms with van der Waals surface area (Å²) in [5.41, 5.74) is 3.55. The molecule has 0 saturated heterocycles. The van der Waals surface area contributed by atoms with Crippen molar-refractivity contribution in [2.24, 2.45) is 5.10 Å². The number of nitrogens with zero attached hydrogens (tertiary/aromatic N) is 1. The zero-order valence-electron chi connectivity index (χ0n) is 17.4. The number of hydrogen-bond donors (Lipinski definition) is 1. The van der Waals surface area contributed by atoms with Crippen LogP contribution in [0.1, 0.15) is 23.0 Å². The first kappa shape index (κ1) is 22.6. The molecule has 0 bridgehead atoms. The molecule has 33 heavy (non-hydrogen) atoms. The molecule has 0 saturated carbocycles. The van der Waals surface area contributed by atoms with Crippen LogP contribution in [0.2, 0.25) is 10.0 Å². The molecule has 1 heterocycles. The van der Waals surface area contributed by atoms with Crippen molar-refractivity contribution in [3.05, 3.63) is 76.0 Å². The first-order valence-electron chi connectivity index (χ1n) is 9.98. The van der Waals surface area contributed by atoms with Gasteiger partial charge >= 0.3 is 11.9 Å². The monoisotopic (exact) mass is 484 g/mol. The van der Waals surface area contributed by atoms with Crippen LogP contribution in [0.25, 0.3) is 21.7 Å². The summed E-state index contributed by atoms with van der Waals surface area (Å²) in [6.07, 6.45) is 1.38. The van der Waals surface area contributed by atoms with Crippen molar-refractivity contribution < 1.29 is 23.5 Å². The second kappa shape index (κ2) is 9.94. The highest BCUT2D eigenvalue weighted by molar-refractivity contribution is 6.37. The van der Waals surface area contributed by atoms with Gasteiger partial charge in [0.15, 0.2) is 18.1 Å². The van der Waals surface area contributed by atoms with E-state index >= 15 is 0 Å². The summed E-state index contributed by atoms with van der Waals surface area (Å²) in [6.45, 7) is 1.62. The van der Waals surface area contributed by atoms with Gasteiger partial charge in [0.2, 0.25) is 0 Å². The van der Waals surface area contributed by atoms with E-state index in [2.05, 4.69) is 10.5 Å². The molecule has 4 aromatic rings. The predicted molar refractivity (Wildman–Crippen MR) is 127 cm³/mol. The number of amides is 1. The Balaban J connectivity index is 1.45. The van der Waals surface area contributed by atoms with Crippen molar-refractivity contribution in [2.75, 3.05) is 13.2 Å². The fourth-order valence-corrected chi connectivity index (χ4v) is 3.86. The number of ether oxygens (including phenoxy) is 2. The SMILES string of the molecule is CCOC(=O)COc1c(Cl)cc(C=NNC(=O)c2cc3c(ccc4ccccc43)o2)cc1Cl. The number of furan rings is 1. The Kier molecular flexibility index (Phi) is 6.82. The molecule has 1 N–H and O–H groups in total. The van der Waals surface area contributed by atoms with Gasteiger partial charge in [0, 0.05) is 5.39 Å². The van der Waals surface area contributed by atoms with Crippen LogP contribution in [0.15, 0.2) is 64.1 Å². The molecule has 4 rings (SSSR count). The van der Waals surface area contributed by atoms with Crippen LogP contribution in [0.5, 0.6) is 5.75 Å². The topological polar surface area (TPSA) is 90.1 Å². The van der Waals surface area contributed by atoms with Gasteiger partial charge in [0.25, 0.3) is 0 Å². The Morgan fingerprint density at radius 2 is 1.82 bits per heavy atom. The number of nitrogens with one attached hydrogen (secondary N) is 1. The van der Waals surface area contributed by atoms with E-state index in [1.165, 1.54) is 18.3 Å². The minimum Gasteiger partial charge on any atom is -0.479 e. The lowest BCUT2D eigenvalue weighted by Gasteiger charge is -2.10. The van der Waals surface area contributed by atoms with Crippen LogP contribution in [0.3, 0.4) is 0 Å². The third-order valence-corrected chi connectivity index (χ3v) is 5.25. The van der Waals surface area contributed by atoms with Crippen LogP contribution in [-0.4, -0.2) is 31.3 Å². The minimum absolute atomic E-state index is 0.136. The fraction of sp³-hybridized carbons (Fsp3) is 0.125. The van der Waals surface area contributed by atoms with Crippen molar-refractivity contribution in [3.63, 3.8) is 0 Å². The molecule has 0 unspecified atom stereocenters. The summed E-state index contributed by atoms with van der Waals surface area (Å²) in [4.78, 5) is 23.9. The van der Waals surface area contributed by atoms with Gasteiger partial charge in [-0.3, -0.25) is 4.79 Å². The maximum Gasteiger partial charge on any atom is 0.344 e. The number of hydrazone groups is 1. The van der Waals surface area contributed by atoms with Crippen LogP contribution in [0.4, 0.5) is 0 Å². The van der Waals surface area contributed by atoms with Crippen molar-refractivity contribution in [1.29, 1.82) is 0 Å². The number of fused-ring (bicyclic) bond motifs is 3. The standard InChI is InChI=1S/C24H18Cl2N2O5/c1-2-31-22(29)13-32-23-18(25)9-14(10-19(23)26)12-27-28-24(30)21-11-17-16-6-4-3-5-15(16)7-8-20(17)33-21/h3-12H,2,13H2,1H3,(H,28,30). The second-order valence-corrected chi connectivity index (χ2v) is 7.73. The molecule has 0 aliphatic rings. The molecule has 7 nitrogen and oxygen atoms in total. The molecule has 1 aromatic heterocycles. The van der Waals surface area contributed by atoms with E-state index in [0.29, 0.717) is 11.1 Å². The van der Waals surface area contributed by atoms with Gasteiger partial charge in [-0.1, -0.05) is 53.5 Å². The Hall–Kier alpha value is -3.55. The fourth-order valence-electron chi connectivity index (χ4n) is 3.25. The van der Waals surface area contributed by atoms with E-state index in [4.69, 9.17) is 37.1 Å². The Bertz CT molecular complexity index is 1360. The largest absolute Gasteiger partial charge is 0.479 e. The quantitative estimate of drug-likeness (QED) is 0.209. The average Bonchev–Trinajstić information content (AvgIpc) is 3.24. The van der Waals surface area contributed by atoms with Gasteiger partial charge in [0.05, 0.1) is 22.9 Å². The number of esters is 1. The number of carbonyl (C=O) groups excluding carboxylic acids is 2. The molecule has 0 radical (unpaired) electrons. The molecule has 0 spiro atoms. The van der Waals surface area contributed by atoms with Crippen molar-refractivity contribution in [1.82, 2.24) is 5.43 Å². The highest BCUT2D eigenvalue weighted by Crippen LogP contribution is 2.34. The number of rotatable bonds is 7. The molecule has 0 fully saturated rings. The molecule has 9 heteroatoms. The summed E-state index contributed by atoms with van der Waals surface area (Å²) < 4.78 is 15.8. The summed E-state index contributed by atoms with van der Waals surface area (Å²) in [7, 11) is 0. The molecule has 3 aromatic carbocycles. The van der Waals surface area contributed by atoms with E-state index in [-0.39, 0.29) is 34.8 Å². The first-order valence-corrected chi connectivity index (χ1v) is 10.7. The summed E-state index contributed by atoms with van der Waals surface area (Å²) in [5.74, 6) is -0.742. The zero-order valence-corrected chi connectivity index (χ0v) is 18.9. The first-order chi connectivity index (χ1) is 16.0. The lowest BCUT2D eigenvalue weighted by Crippen LogP contribution is -2.16. The van der Waals surface area contributed by atoms with Crippen molar-refractivity contribution in [3.8, 4) is 5.75 Å². The van der Waals surface area contributed by atoms with Gasteiger partial charge in [-0.05, 0) is 47.5 Å². The van der Waals surface area contributed by atoms with Gasteiger partial charge in [-0.15, -0.1) is 0 Å². The summed E-state index contributed by atoms with van der Waals surface area (Å²) in [6, 6.07) is 16.4. The highest BCUT2D eigenvalue weighted by Gasteiger charge is 2.14. The van der Waals surface area contributed by atoms with Crippen molar-refractivity contribution in [2.45, 2.75) is 6.92 Å². The van der Waals surface area contributed by atoms with E-state index in [1.807, 2.05) is 36.4 Å². The van der Waals surface area contributed by atoms with Crippen LogP contribution < -0.4 is 10.2 Å². The van der Waals surface area contributed by atoms with Crippen LogP contribution >= 0.6 is 23.2 Å². The molecule has 0 aliphatic carbocycles. The second-order valence-electron chi connectivity index (χ2n) is 6.92. The van der Waals surface area contributed by atoms with Gasteiger partial charge < -0.3 is 13.9 Å². The lowest BCUT2D eigenvalue weighted by atomic mass is 10.1. The van der Waals surface area contributed by atoms with Crippen LogP contribution in [0, 0.1) is 0 Å². The maximum atomic E-state index is 12.5. The molecule has 168 valence electrons. The molecule has 1 amide bonds.